The van der Waals surface area contributed by atoms with Crippen LogP contribution in [0.15, 0.2) is 16.6 Å². The van der Waals surface area contributed by atoms with E-state index in [1.54, 1.807) is 0 Å². The van der Waals surface area contributed by atoms with Crippen LogP contribution >= 0.6 is 27.5 Å². The maximum absolute atomic E-state index is 12.7. The molecule has 1 rings (SSSR count). The summed E-state index contributed by atoms with van der Waals surface area (Å²) in [4.78, 5) is 0. The number of rotatable bonds is 0. The van der Waals surface area contributed by atoms with E-state index in [9.17, 15) is 4.39 Å². The minimum absolute atomic E-state index is 0.0427. The lowest BCUT2D eigenvalue weighted by Crippen LogP contribution is -1.81. The van der Waals surface area contributed by atoms with E-state index in [0.29, 0.717) is 10.0 Å². The Labute approximate surface area is 77.5 Å². The number of terminal acetylenes is 1. The monoisotopic (exact) mass is 232 g/mol. The summed E-state index contributed by atoms with van der Waals surface area (Å²) in [5, 5.41) is 0.0427. The molecule has 0 heterocycles. The van der Waals surface area contributed by atoms with Crippen molar-refractivity contribution in [2.45, 2.75) is 0 Å². The molecular formula is C8H3BrClF. The first-order chi connectivity index (χ1) is 5.15. The second kappa shape index (κ2) is 3.25. The molecule has 0 aliphatic carbocycles. The Balaban J connectivity index is 3.35. The Hall–Kier alpha value is -0.520. The molecule has 0 amide bonds. The average Bonchev–Trinajstić information content (AvgIpc) is 1.97. The molecule has 56 valence electrons. The summed E-state index contributed by atoms with van der Waals surface area (Å²) in [5.74, 6) is 1.89. The molecular weight excluding hydrogens is 230 g/mol. The molecule has 0 saturated heterocycles. The van der Waals surface area contributed by atoms with Crippen molar-refractivity contribution in [1.29, 1.82) is 0 Å². The minimum Gasteiger partial charge on any atom is -0.205 e. The molecule has 11 heavy (non-hydrogen) atoms. The summed E-state index contributed by atoms with van der Waals surface area (Å²) in [6.07, 6.45) is 5.11. The lowest BCUT2D eigenvalue weighted by molar-refractivity contribution is 0.627. The molecule has 0 N–H and O–H groups in total. The lowest BCUT2D eigenvalue weighted by atomic mass is 10.2. The molecule has 0 aliphatic heterocycles. The van der Waals surface area contributed by atoms with E-state index in [2.05, 4.69) is 21.9 Å². The van der Waals surface area contributed by atoms with Crippen LogP contribution in [0.25, 0.3) is 0 Å². The van der Waals surface area contributed by atoms with Crippen molar-refractivity contribution in [1.82, 2.24) is 0 Å². The smallest absolute Gasteiger partial charge is 0.142 e. The first kappa shape index (κ1) is 8.58. The molecule has 0 spiro atoms. The van der Waals surface area contributed by atoms with Gasteiger partial charge in [-0.3, -0.25) is 0 Å². The van der Waals surface area contributed by atoms with Gasteiger partial charge in [-0.15, -0.1) is 6.42 Å². The average molecular weight is 233 g/mol. The lowest BCUT2D eigenvalue weighted by Gasteiger charge is -1.97. The maximum Gasteiger partial charge on any atom is 0.142 e. The van der Waals surface area contributed by atoms with Crippen LogP contribution in [0.1, 0.15) is 5.56 Å². The third kappa shape index (κ3) is 1.74. The van der Waals surface area contributed by atoms with E-state index in [0.717, 1.165) is 0 Å². The van der Waals surface area contributed by atoms with E-state index in [-0.39, 0.29) is 5.02 Å². The summed E-state index contributed by atoms with van der Waals surface area (Å²) >= 11 is 8.57. The molecule has 1 aromatic carbocycles. The SMILES string of the molecule is C#Cc1cc(Cl)c(F)cc1Br. The van der Waals surface area contributed by atoms with E-state index in [1.807, 2.05) is 0 Å². The highest BCUT2D eigenvalue weighted by atomic mass is 79.9. The second-order valence-corrected chi connectivity index (χ2v) is 3.15. The minimum atomic E-state index is -0.474. The van der Waals surface area contributed by atoms with Gasteiger partial charge in [-0.05, 0) is 28.1 Å². The number of hydrogen-bond acceptors (Lipinski definition) is 0. The normalized spacial score (nSPS) is 9.27. The van der Waals surface area contributed by atoms with Gasteiger partial charge in [0.25, 0.3) is 0 Å². The van der Waals surface area contributed by atoms with Crippen LogP contribution in [0.5, 0.6) is 0 Å². The first-order valence-corrected chi connectivity index (χ1v) is 3.93. The zero-order chi connectivity index (χ0) is 8.43. The number of hydrogen-bond donors (Lipinski definition) is 0. The second-order valence-electron chi connectivity index (χ2n) is 1.89. The Morgan fingerprint density at radius 3 is 2.73 bits per heavy atom. The van der Waals surface area contributed by atoms with Crippen LogP contribution < -0.4 is 0 Å². The van der Waals surface area contributed by atoms with Crippen molar-refractivity contribution in [3.05, 3.63) is 33.0 Å². The highest BCUT2D eigenvalue weighted by Crippen LogP contribution is 2.23. The summed E-state index contributed by atoms with van der Waals surface area (Å²) < 4.78 is 13.2. The van der Waals surface area contributed by atoms with Crippen LogP contribution in [-0.2, 0) is 0 Å². The molecule has 0 aliphatic rings. The third-order valence-electron chi connectivity index (χ3n) is 1.17. The first-order valence-electron chi connectivity index (χ1n) is 2.76. The van der Waals surface area contributed by atoms with Gasteiger partial charge < -0.3 is 0 Å². The van der Waals surface area contributed by atoms with E-state index in [4.69, 9.17) is 18.0 Å². The fraction of sp³-hybridized carbons (Fsp3) is 0. The van der Waals surface area contributed by atoms with Crippen LogP contribution in [0.3, 0.4) is 0 Å². The van der Waals surface area contributed by atoms with E-state index in [1.165, 1.54) is 12.1 Å². The van der Waals surface area contributed by atoms with Gasteiger partial charge in [-0.2, -0.15) is 0 Å². The summed E-state index contributed by atoms with van der Waals surface area (Å²) in [5.41, 5.74) is 0.552. The molecule has 0 saturated carbocycles. The summed E-state index contributed by atoms with van der Waals surface area (Å²) in [7, 11) is 0. The van der Waals surface area contributed by atoms with Crippen molar-refractivity contribution >= 4 is 27.5 Å². The van der Waals surface area contributed by atoms with Crippen molar-refractivity contribution in [3.8, 4) is 12.3 Å². The summed E-state index contributed by atoms with van der Waals surface area (Å²) in [6.45, 7) is 0. The molecule has 0 radical (unpaired) electrons. The van der Waals surface area contributed by atoms with Gasteiger partial charge in [-0.1, -0.05) is 17.5 Å². The predicted molar refractivity (Wildman–Crippen MR) is 47.0 cm³/mol. The van der Waals surface area contributed by atoms with Gasteiger partial charge in [0.2, 0.25) is 0 Å². The maximum atomic E-state index is 12.7. The van der Waals surface area contributed by atoms with Crippen molar-refractivity contribution in [2.24, 2.45) is 0 Å². The predicted octanol–water partition coefficient (Wildman–Crippen LogP) is 3.22. The van der Waals surface area contributed by atoms with Gasteiger partial charge in [0.05, 0.1) is 5.02 Å². The highest BCUT2D eigenvalue weighted by molar-refractivity contribution is 9.10. The molecule has 1 aromatic rings. The molecule has 3 heteroatoms. The van der Waals surface area contributed by atoms with Crippen LogP contribution in [0.2, 0.25) is 5.02 Å². The van der Waals surface area contributed by atoms with E-state index < -0.39 is 5.82 Å². The molecule has 0 atom stereocenters. The van der Waals surface area contributed by atoms with Crippen LogP contribution in [0.4, 0.5) is 4.39 Å². The van der Waals surface area contributed by atoms with Gasteiger partial charge in [0.1, 0.15) is 5.82 Å². The quantitative estimate of drug-likeness (QED) is 0.477. The zero-order valence-corrected chi connectivity index (χ0v) is 7.71. The standard InChI is InChI=1S/C8H3BrClF/c1-2-5-3-7(10)8(11)4-6(5)9/h1,3-4H. The largest absolute Gasteiger partial charge is 0.205 e. The molecule has 0 unspecified atom stereocenters. The number of halogens is 3. The molecule has 0 aromatic heterocycles. The summed E-state index contributed by atoms with van der Waals surface area (Å²) in [6, 6.07) is 2.65. The Morgan fingerprint density at radius 1 is 1.55 bits per heavy atom. The van der Waals surface area contributed by atoms with Crippen molar-refractivity contribution in [2.75, 3.05) is 0 Å². The van der Waals surface area contributed by atoms with Gasteiger partial charge in [0.15, 0.2) is 0 Å². The van der Waals surface area contributed by atoms with Gasteiger partial charge in [-0.25, -0.2) is 4.39 Å². The van der Waals surface area contributed by atoms with Gasteiger partial charge >= 0.3 is 0 Å². The van der Waals surface area contributed by atoms with Crippen LogP contribution in [0, 0.1) is 18.2 Å². The molecule has 0 bridgehead atoms. The van der Waals surface area contributed by atoms with Gasteiger partial charge in [0, 0.05) is 10.0 Å². The topological polar surface area (TPSA) is 0 Å². The number of benzene rings is 1. The highest BCUT2D eigenvalue weighted by Gasteiger charge is 2.03. The van der Waals surface area contributed by atoms with Crippen molar-refractivity contribution in [3.63, 3.8) is 0 Å². The third-order valence-corrected chi connectivity index (χ3v) is 2.11. The van der Waals surface area contributed by atoms with Crippen molar-refractivity contribution < 1.29 is 4.39 Å². The van der Waals surface area contributed by atoms with E-state index >= 15 is 0 Å². The molecule has 0 fully saturated rings. The zero-order valence-electron chi connectivity index (χ0n) is 5.37. The Morgan fingerprint density at radius 2 is 2.18 bits per heavy atom. The Bertz CT molecular complexity index is 328. The molecule has 0 nitrogen and oxygen atoms in total. The Kier molecular flexibility index (Phi) is 2.53. The fourth-order valence-corrected chi connectivity index (χ4v) is 1.23. The van der Waals surface area contributed by atoms with Crippen LogP contribution in [-0.4, -0.2) is 0 Å². The fourth-order valence-electron chi connectivity index (χ4n) is 0.633.